The van der Waals surface area contributed by atoms with Gasteiger partial charge in [-0.3, -0.25) is 14.0 Å². The molecule has 5 heterocycles. The largest absolute Gasteiger partial charge is 0.377 e. The number of hydrogen-bond donors (Lipinski definition) is 2. The molecule has 1 saturated heterocycles. The number of halogens is 1. The summed E-state index contributed by atoms with van der Waals surface area (Å²) in [6.45, 7) is 5.99. The van der Waals surface area contributed by atoms with Gasteiger partial charge in [0, 0.05) is 36.3 Å². The Morgan fingerprint density at radius 3 is 2.68 bits per heavy atom. The highest BCUT2D eigenvalue weighted by molar-refractivity contribution is 6.29. The van der Waals surface area contributed by atoms with Crippen molar-refractivity contribution in [2.45, 2.75) is 38.8 Å². The summed E-state index contributed by atoms with van der Waals surface area (Å²) in [5.74, 6) is 0.485. The second-order valence-electron chi connectivity index (χ2n) is 10.1. The Kier molecular flexibility index (Phi) is 6.16. The van der Waals surface area contributed by atoms with Gasteiger partial charge in [0.15, 0.2) is 0 Å². The number of nitrogens with zero attached hydrogens (tertiary/aromatic N) is 7. The molecular weight excluding hydrogens is 502 g/mol. The lowest BCUT2D eigenvalue weighted by molar-refractivity contribution is 0.348. The van der Waals surface area contributed by atoms with Crippen LogP contribution < -0.4 is 16.2 Å². The standard InChI is InChI=1S/C27H30ClN9O/c1-15-11-18(16(2)32-21-5-6-22(28)33-24(21)25-30-14-35(3)34-25)23-19(12-15)27(38)36(4)26-20(23)13-31-37(26)17-7-9-29-10-8-17/h5-6,11-14,16-17,29,32H,7-10H2,1-4H3. The summed E-state index contributed by atoms with van der Waals surface area (Å²) in [5.41, 5.74) is 4.20. The first-order valence-corrected chi connectivity index (χ1v) is 13.2. The summed E-state index contributed by atoms with van der Waals surface area (Å²) in [5, 5.41) is 19.2. The van der Waals surface area contributed by atoms with Crippen LogP contribution in [0.15, 0.2) is 41.6 Å². The van der Waals surface area contributed by atoms with Gasteiger partial charge < -0.3 is 10.6 Å². The second kappa shape index (κ2) is 9.52. The summed E-state index contributed by atoms with van der Waals surface area (Å²) < 4.78 is 5.43. The third-order valence-electron chi connectivity index (χ3n) is 7.37. The van der Waals surface area contributed by atoms with E-state index < -0.39 is 0 Å². The van der Waals surface area contributed by atoms with Crippen LogP contribution in [0.5, 0.6) is 0 Å². The molecule has 6 rings (SSSR count). The normalized spacial score (nSPS) is 15.4. The van der Waals surface area contributed by atoms with Crippen LogP contribution in [0.3, 0.4) is 0 Å². The van der Waals surface area contributed by atoms with Gasteiger partial charge in [0.05, 0.1) is 17.9 Å². The minimum atomic E-state index is -0.166. The first-order chi connectivity index (χ1) is 18.3. The Bertz CT molecular complexity index is 1730. The molecule has 0 bridgehead atoms. The van der Waals surface area contributed by atoms with Crippen LogP contribution in [0.4, 0.5) is 5.69 Å². The maximum absolute atomic E-state index is 13.7. The predicted molar refractivity (Wildman–Crippen MR) is 150 cm³/mol. The number of aryl methyl sites for hydroxylation is 3. The number of nitrogens with one attached hydrogen (secondary N) is 2. The maximum Gasteiger partial charge on any atom is 0.259 e. The predicted octanol–water partition coefficient (Wildman–Crippen LogP) is 4.14. The zero-order valence-electron chi connectivity index (χ0n) is 21.9. The molecule has 4 aromatic heterocycles. The average Bonchev–Trinajstić information content (AvgIpc) is 3.55. The summed E-state index contributed by atoms with van der Waals surface area (Å²) in [6.07, 6.45) is 5.51. The highest BCUT2D eigenvalue weighted by Gasteiger charge is 2.24. The van der Waals surface area contributed by atoms with E-state index in [-0.39, 0.29) is 17.6 Å². The third kappa shape index (κ3) is 4.13. The second-order valence-corrected chi connectivity index (χ2v) is 10.5. The minimum absolute atomic E-state index is 0.0214. The van der Waals surface area contributed by atoms with Crippen molar-refractivity contribution in [3.63, 3.8) is 0 Å². The fourth-order valence-electron chi connectivity index (χ4n) is 5.57. The molecule has 11 heteroatoms. The molecule has 0 spiro atoms. The topological polar surface area (TPSA) is 107 Å². The van der Waals surface area contributed by atoms with E-state index >= 15 is 0 Å². The van der Waals surface area contributed by atoms with Crippen molar-refractivity contribution in [3.05, 3.63) is 63.4 Å². The molecule has 1 aliphatic rings. The fourth-order valence-corrected chi connectivity index (χ4v) is 5.72. The Hall–Kier alpha value is -3.76. The molecule has 0 saturated carbocycles. The lowest BCUT2D eigenvalue weighted by atomic mass is 9.95. The van der Waals surface area contributed by atoms with Gasteiger partial charge in [-0.1, -0.05) is 17.7 Å². The molecule has 1 fully saturated rings. The van der Waals surface area contributed by atoms with Gasteiger partial charge >= 0.3 is 0 Å². The van der Waals surface area contributed by atoms with Crippen LogP contribution in [0, 0.1) is 6.92 Å². The molecule has 0 amide bonds. The summed E-state index contributed by atoms with van der Waals surface area (Å²) >= 11 is 6.24. The van der Waals surface area contributed by atoms with Crippen LogP contribution >= 0.6 is 11.6 Å². The van der Waals surface area contributed by atoms with Crippen LogP contribution in [0.25, 0.3) is 33.3 Å². The molecule has 1 unspecified atom stereocenters. The van der Waals surface area contributed by atoms with Crippen molar-refractivity contribution < 1.29 is 0 Å². The summed E-state index contributed by atoms with van der Waals surface area (Å²) in [4.78, 5) is 22.6. The van der Waals surface area contributed by atoms with Crippen molar-refractivity contribution in [1.82, 2.24) is 39.4 Å². The number of benzene rings is 1. The van der Waals surface area contributed by atoms with Gasteiger partial charge in [-0.05, 0) is 69.1 Å². The monoisotopic (exact) mass is 531 g/mol. The zero-order chi connectivity index (χ0) is 26.6. The smallest absolute Gasteiger partial charge is 0.259 e. The molecule has 0 radical (unpaired) electrons. The van der Waals surface area contributed by atoms with Crippen LogP contribution in [-0.2, 0) is 14.1 Å². The van der Waals surface area contributed by atoms with E-state index in [0.29, 0.717) is 22.1 Å². The molecular formula is C27H30ClN9O. The SMILES string of the molecule is Cc1cc(C(C)Nc2ccc(Cl)nc2-c2ncn(C)n2)c2c(c1)c(=O)n(C)c1c2cnn1C1CCNCC1. The quantitative estimate of drug-likeness (QED) is 0.328. The number of fused-ring (bicyclic) bond motifs is 3. The average molecular weight is 532 g/mol. The number of rotatable bonds is 5. The summed E-state index contributed by atoms with van der Waals surface area (Å²) in [7, 11) is 3.66. The minimum Gasteiger partial charge on any atom is -0.377 e. The maximum atomic E-state index is 13.7. The number of hydrogen-bond acceptors (Lipinski definition) is 7. The Morgan fingerprint density at radius 2 is 1.95 bits per heavy atom. The number of anilines is 1. The Morgan fingerprint density at radius 1 is 1.16 bits per heavy atom. The molecule has 38 heavy (non-hydrogen) atoms. The van der Waals surface area contributed by atoms with E-state index in [4.69, 9.17) is 16.7 Å². The zero-order valence-corrected chi connectivity index (χ0v) is 22.6. The first kappa shape index (κ1) is 24.6. The number of pyridine rings is 2. The molecule has 1 atom stereocenters. The van der Waals surface area contributed by atoms with E-state index in [0.717, 1.165) is 59.2 Å². The molecule has 2 N–H and O–H groups in total. The van der Waals surface area contributed by atoms with Crippen molar-refractivity contribution in [3.8, 4) is 11.5 Å². The van der Waals surface area contributed by atoms with E-state index in [1.54, 1.807) is 21.6 Å². The summed E-state index contributed by atoms with van der Waals surface area (Å²) in [6, 6.07) is 7.84. The lowest BCUT2D eigenvalue weighted by Gasteiger charge is -2.24. The molecule has 1 aliphatic heterocycles. The van der Waals surface area contributed by atoms with E-state index in [1.165, 1.54) is 0 Å². The Balaban J connectivity index is 1.51. The van der Waals surface area contributed by atoms with Gasteiger partial charge in [0.2, 0.25) is 5.82 Å². The molecule has 10 nitrogen and oxygen atoms in total. The van der Waals surface area contributed by atoms with Gasteiger partial charge in [-0.25, -0.2) is 14.6 Å². The molecule has 0 aliphatic carbocycles. The number of aromatic nitrogens is 7. The van der Waals surface area contributed by atoms with Gasteiger partial charge in [0.25, 0.3) is 5.56 Å². The fraction of sp³-hybridized carbons (Fsp3) is 0.370. The van der Waals surface area contributed by atoms with Gasteiger partial charge in [-0.15, -0.1) is 5.10 Å². The van der Waals surface area contributed by atoms with Crippen molar-refractivity contribution in [1.29, 1.82) is 0 Å². The van der Waals surface area contributed by atoms with Crippen LogP contribution in [0.1, 0.15) is 43.0 Å². The highest BCUT2D eigenvalue weighted by Crippen LogP contribution is 2.35. The van der Waals surface area contributed by atoms with Crippen molar-refractivity contribution in [2.24, 2.45) is 14.1 Å². The third-order valence-corrected chi connectivity index (χ3v) is 7.58. The number of piperidine rings is 1. The van der Waals surface area contributed by atoms with Crippen LogP contribution in [0.2, 0.25) is 5.15 Å². The van der Waals surface area contributed by atoms with E-state index in [2.05, 4.69) is 38.7 Å². The molecule has 5 aromatic rings. The highest BCUT2D eigenvalue weighted by atomic mass is 35.5. The van der Waals surface area contributed by atoms with Gasteiger partial charge in [-0.2, -0.15) is 5.10 Å². The van der Waals surface area contributed by atoms with Crippen LogP contribution in [-0.4, -0.2) is 47.2 Å². The van der Waals surface area contributed by atoms with Crippen molar-refractivity contribution in [2.75, 3.05) is 18.4 Å². The van der Waals surface area contributed by atoms with Gasteiger partial charge in [0.1, 0.15) is 22.8 Å². The van der Waals surface area contributed by atoms with E-state index in [1.807, 2.05) is 44.0 Å². The van der Waals surface area contributed by atoms with Crippen molar-refractivity contribution >= 4 is 39.1 Å². The Labute approximate surface area is 224 Å². The molecule has 1 aromatic carbocycles. The first-order valence-electron chi connectivity index (χ1n) is 12.8. The molecule has 196 valence electrons. The lowest BCUT2D eigenvalue weighted by Crippen LogP contribution is -2.31. The van der Waals surface area contributed by atoms with E-state index in [9.17, 15) is 4.79 Å².